The number of phenols is 1. The quantitative estimate of drug-likeness (QED) is 0.548. The molecule has 0 atom stereocenters. The van der Waals surface area contributed by atoms with Gasteiger partial charge in [-0.2, -0.15) is 0 Å². The van der Waals surface area contributed by atoms with Crippen molar-refractivity contribution in [2.24, 2.45) is 0 Å². The number of benzene rings is 2. The third-order valence-corrected chi connectivity index (χ3v) is 5.26. The second-order valence-electron chi connectivity index (χ2n) is 6.07. The lowest BCUT2D eigenvalue weighted by Crippen LogP contribution is -1.95. The maximum absolute atomic E-state index is 9.73. The van der Waals surface area contributed by atoms with Crippen LogP contribution < -0.4 is 0 Å². The fourth-order valence-electron chi connectivity index (χ4n) is 3.26. The van der Waals surface area contributed by atoms with Crippen LogP contribution in [0.5, 0.6) is 5.75 Å². The predicted molar refractivity (Wildman–Crippen MR) is 101 cm³/mol. The van der Waals surface area contributed by atoms with E-state index in [0.29, 0.717) is 5.02 Å². The summed E-state index contributed by atoms with van der Waals surface area (Å²) < 4.78 is 1.08. The van der Waals surface area contributed by atoms with Gasteiger partial charge in [0.2, 0.25) is 0 Å². The van der Waals surface area contributed by atoms with E-state index in [9.17, 15) is 5.11 Å². The largest absolute Gasteiger partial charge is 0.506 e. The van der Waals surface area contributed by atoms with E-state index in [2.05, 4.69) is 40.2 Å². The Hall–Kier alpha value is -1.25. The molecule has 0 saturated heterocycles. The number of rotatable bonds is 2. The van der Waals surface area contributed by atoms with E-state index < -0.39 is 0 Å². The minimum absolute atomic E-state index is 0.136. The molecule has 1 N–H and O–H groups in total. The van der Waals surface area contributed by atoms with Crippen molar-refractivity contribution in [3.8, 4) is 5.75 Å². The van der Waals surface area contributed by atoms with Crippen molar-refractivity contribution in [2.75, 3.05) is 0 Å². The van der Waals surface area contributed by atoms with Gasteiger partial charge in [-0.1, -0.05) is 64.1 Å². The molecule has 2 aromatic rings. The zero-order chi connectivity index (χ0) is 16.2. The molecule has 120 valence electrons. The molecular formula is C20H20BrClO. The van der Waals surface area contributed by atoms with Gasteiger partial charge in [-0.15, -0.1) is 0 Å². The standard InChI is InChI=1S/C20H20BrClO/c21-17-10-7-15(8-11-17)20(14-5-3-1-2-4-6-14)16-9-12-19(23)18(22)13-16/h7-13,23H,1-6H2. The van der Waals surface area contributed by atoms with Crippen molar-refractivity contribution in [3.05, 3.63) is 68.7 Å². The highest BCUT2D eigenvalue weighted by Gasteiger charge is 2.15. The zero-order valence-electron chi connectivity index (χ0n) is 13.0. The van der Waals surface area contributed by atoms with Crippen LogP contribution in [0.2, 0.25) is 5.02 Å². The summed E-state index contributed by atoms with van der Waals surface area (Å²) in [6.07, 6.45) is 7.41. The first-order valence-corrected chi connectivity index (χ1v) is 9.29. The molecule has 1 nitrogen and oxygen atoms in total. The van der Waals surface area contributed by atoms with Gasteiger partial charge in [0.05, 0.1) is 5.02 Å². The van der Waals surface area contributed by atoms with Crippen molar-refractivity contribution in [1.29, 1.82) is 0 Å². The van der Waals surface area contributed by atoms with Gasteiger partial charge in [0.25, 0.3) is 0 Å². The maximum atomic E-state index is 9.73. The summed E-state index contributed by atoms with van der Waals surface area (Å²) in [4.78, 5) is 0. The molecule has 0 bridgehead atoms. The summed E-state index contributed by atoms with van der Waals surface area (Å²) in [6.45, 7) is 0. The normalized spacial score (nSPS) is 15.3. The fraction of sp³-hybridized carbons (Fsp3) is 0.300. The van der Waals surface area contributed by atoms with E-state index >= 15 is 0 Å². The molecule has 3 rings (SSSR count). The molecule has 0 amide bonds. The number of phenolic OH excluding ortho intramolecular Hbond substituents is 1. The topological polar surface area (TPSA) is 20.2 Å². The molecule has 0 aliphatic heterocycles. The van der Waals surface area contributed by atoms with Crippen LogP contribution in [0.1, 0.15) is 49.7 Å². The van der Waals surface area contributed by atoms with Crippen molar-refractivity contribution < 1.29 is 5.11 Å². The molecule has 1 fully saturated rings. The lowest BCUT2D eigenvalue weighted by Gasteiger charge is -2.16. The number of halogens is 2. The molecule has 2 aromatic carbocycles. The predicted octanol–water partition coefficient (Wildman–Crippen LogP) is 6.96. The average molecular weight is 392 g/mol. The molecule has 0 radical (unpaired) electrons. The van der Waals surface area contributed by atoms with Gasteiger partial charge in [-0.25, -0.2) is 0 Å². The highest BCUT2D eigenvalue weighted by Crippen LogP contribution is 2.37. The van der Waals surface area contributed by atoms with Crippen molar-refractivity contribution in [1.82, 2.24) is 0 Å². The van der Waals surface area contributed by atoms with Gasteiger partial charge >= 0.3 is 0 Å². The Morgan fingerprint density at radius 3 is 2.09 bits per heavy atom. The van der Waals surface area contributed by atoms with Gasteiger partial charge < -0.3 is 5.11 Å². The van der Waals surface area contributed by atoms with Crippen LogP contribution in [-0.4, -0.2) is 5.11 Å². The van der Waals surface area contributed by atoms with Gasteiger partial charge in [0.15, 0.2) is 0 Å². The maximum Gasteiger partial charge on any atom is 0.134 e. The number of allylic oxidation sites excluding steroid dienone is 1. The molecular weight excluding hydrogens is 372 g/mol. The van der Waals surface area contributed by atoms with Crippen LogP contribution in [-0.2, 0) is 0 Å². The Balaban J connectivity index is 2.14. The summed E-state index contributed by atoms with van der Waals surface area (Å²) >= 11 is 9.67. The second-order valence-corrected chi connectivity index (χ2v) is 7.39. The highest BCUT2D eigenvalue weighted by atomic mass is 79.9. The molecule has 1 aliphatic rings. The Morgan fingerprint density at radius 1 is 0.870 bits per heavy atom. The summed E-state index contributed by atoms with van der Waals surface area (Å²) in [5, 5.41) is 10.1. The lowest BCUT2D eigenvalue weighted by atomic mass is 9.89. The SMILES string of the molecule is Oc1ccc(C(=C2CCCCCC2)c2ccc(Br)cc2)cc1Cl. The van der Waals surface area contributed by atoms with E-state index in [0.717, 1.165) is 22.9 Å². The summed E-state index contributed by atoms with van der Waals surface area (Å²) in [6, 6.07) is 14.0. The van der Waals surface area contributed by atoms with Gasteiger partial charge in [-0.05, 0) is 66.6 Å². The first-order valence-electron chi connectivity index (χ1n) is 8.12. The summed E-state index contributed by atoms with van der Waals surface area (Å²) in [5.41, 5.74) is 5.09. The Kier molecular flexibility index (Phi) is 5.45. The monoisotopic (exact) mass is 390 g/mol. The van der Waals surface area contributed by atoms with Crippen molar-refractivity contribution in [2.45, 2.75) is 38.5 Å². The van der Waals surface area contributed by atoms with Gasteiger partial charge in [0, 0.05) is 4.47 Å². The van der Waals surface area contributed by atoms with Gasteiger partial charge in [-0.3, -0.25) is 0 Å². The minimum Gasteiger partial charge on any atom is -0.506 e. The number of hydrogen-bond acceptors (Lipinski definition) is 1. The first-order chi connectivity index (χ1) is 11.1. The van der Waals surface area contributed by atoms with Gasteiger partial charge in [0.1, 0.15) is 5.75 Å². The zero-order valence-corrected chi connectivity index (χ0v) is 15.3. The summed E-state index contributed by atoms with van der Waals surface area (Å²) in [7, 11) is 0. The number of hydrogen-bond donors (Lipinski definition) is 1. The average Bonchev–Trinajstić information content (AvgIpc) is 2.82. The molecule has 0 unspecified atom stereocenters. The van der Waals surface area contributed by atoms with Crippen LogP contribution in [0.25, 0.3) is 5.57 Å². The van der Waals surface area contributed by atoms with E-state index in [1.54, 1.807) is 6.07 Å². The summed E-state index contributed by atoms with van der Waals surface area (Å²) in [5.74, 6) is 0.136. The molecule has 0 aromatic heterocycles. The van der Waals surface area contributed by atoms with Crippen LogP contribution in [0.15, 0.2) is 52.5 Å². The third-order valence-electron chi connectivity index (χ3n) is 4.43. The first kappa shape index (κ1) is 16.6. The van der Waals surface area contributed by atoms with E-state index in [1.807, 2.05) is 12.1 Å². The Bertz CT molecular complexity index is 709. The van der Waals surface area contributed by atoms with E-state index in [4.69, 9.17) is 11.6 Å². The Labute approximate surface area is 151 Å². The molecule has 0 spiro atoms. The second kappa shape index (κ2) is 7.55. The third kappa shape index (κ3) is 3.99. The molecule has 1 saturated carbocycles. The van der Waals surface area contributed by atoms with E-state index in [-0.39, 0.29) is 5.75 Å². The number of aromatic hydroxyl groups is 1. The van der Waals surface area contributed by atoms with Crippen LogP contribution in [0.4, 0.5) is 0 Å². The lowest BCUT2D eigenvalue weighted by molar-refractivity contribution is 0.475. The molecule has 23 heavy (non-hydrogen) atoms. The minimum atomic E-state index is 0.136. The van der Waals surface area contributed by atoms with Crippen molar-refractivity contribution in [3.63, 3.8) is 0 Å². The highest BCUT2D eigenvalue weighted by molar-refractivity contribution is 9.10. The molecule has 3 heteroatoms. The van der Waals surface area contributed by atoms with Crippen molar-refractivity contribution >= 4 is 33.1 Å². The van der Waals surface area contributed by atoms with Crippen LogP contribution >= 0.6 is 27.5 Å². The fourth-order valence-corrected chi connectivity index (χ4v) is 3.70. The Morgan fingerprint density at radius 2 is 1.48 bits per heavy atom. The van der Waals surface area contributed by atoms with Crippen LogP contribution in [0.3, 0.4) is 0 Å². The van der Waals surface area contributed by atoms with E-state index in [1.165, 1.54) is 42.4 Å². The molecule has 0 heterocycles. The smallest absolute Gasteiger partial charge is 0.134 e. The molecule has 1 aliphatic carbocycles. The van der Waals surface area contributed by atoms with Crippen LogP contribution in [0, 0.1) is 0 Å².